The Morgan fingerprint density at radius 2 is 1.85 bits per heavy atom. The van der Waals surface area contributed by atoms with Gasteiger partial charge in [-0.1, -0.05) is 24.3 Å². The highest BCUT2D eigenvalue weighted by Gasteiger charge is 2.24. The Labute approximate surface area is 151 Å². The molecule has 1 fully saturated rings. The van der Waals surface area contributed by atoms with Crippen molar-refractivity contribution < 1.29 is 9.90 Å². The molecule has 132 valence electrons. The van der Waals surface area contributed by atoms with Crippen LogP contribution >= 0.6 is 0 Å². The van der Waals surface area contributed by atoms with E-state index in [2.05, 4.69) is 20.2 Å². The molecule has 0 unspecified atom stereocenters. The van der Waals surface area contributed by atoms with E-state index in [1.54, 1.807) is 30.6 Å². The number of carbonyl (C=O) groups is 1. The topological polar surface area (TPSA) is 78.4 Å². The van der Waals surface area contributed by atoms with E-state index in [1.807, 2.05) is 24.3 Å². The van der Waals surface area contributed by atoms with Crippen LogP contribution in [0.4, 0.5) is 5.95 Å². The molecule has 1 saturated heterocycles. The summed E-state index contributed by atoms with van der Waals surface area (Å²) in [5, 5.41) is 15.1. The summed E-state index contributed by atoms with van der Waals surface area (Å²) in [6, 6.07) is 12.8. The fourth-order valence-electron chi connectivity index (χ4n) is 3.40. The molecule has 3 aromatic rings. The number of aromatic nitrogens is 2. The second kappa shape index (κ2) is 7.00. The van der Waals surface area contributed by atoms with Crippen molar-refractivity contribution in [3.63, 3.8) is 0 Å². The maximum Gasteiger partial charge on any atom is 0.255 e. The van der Waals surface area contributed by atoms with Crippen LogP contribution in [0.15, 0.2) is 54.9 Å². The van der Waals surface area contributed by atoms with Crippen molar-refractivity contribution in [1.29, 1.82) is 0 Å². The number of benzene rings is 2. The average molecular weight is 348 g/mol. The lowest BCUT2D eigenvalue weighted by molar-refractivity contribution is 0.0930. The highest BCUT2D eigenvalue weighted by Crippen LogP contribution is 2.25. The van der Waals surface area contributed by atoms with Crippen LogP contribution in [0.3, 0.4) is 0 Å². The van der Waals surface area contributed by atoms with Crippen molar-refractivity contribution in [2.75, 3.05) is 18.0 Å². The molecule has 1 atom stereocenters. The fraction of sp³-hybridized carbons (Fsp3) is 0.250. The van der Waals surface area contributed by atoms with E-state index in [0.29, 0.717) is 18.1 Å². The molecule has 6 heteroatoms. The number of nitrogens with one attached hydrogen (secondary N) is 1. The lowest BCUT2D eigenvalue weighted by Gasteiger charge is -2.33. The predicted octanol–water partition coefficient (Wildman–Crippen LogP) is 2.73. The number of carbonyl (C=O) groups excluding carboxylic acids is 1. The number of piperidine rings is 1. The third-order valence-corrected chi connectivity index (χ3v) is 4.70. The predicted molar refractivity (Wildman–Crippen MR) is 100 cm³/mol. The van der Waals surface area contributed by atoms with Crippen LogP contribution in [-0.2, 0) is 0 Å². The van der Waals surface area contributed by atoms with E-state index in [9.17, 15) is 9.90 Å². The number of nitrogens with zero attached hydrogens (tertiary/aromatic N) is 3. The molecule has 1 aromatic heterocycles. The summed E-state index contributed by atoms with van der Waals surface area (Å²) in [5.41, 5.74) is 0.303. The number of hydrogen-bond acceptors (Lipinski definition) is 5. The summed E-state index contributed by atoms with van der Waals surface area (Å²) in [6.45, 7) is 1.53. The average Bonchev–Trinajstić information content (AvgIpc) is 2.68. The van der Waals surface area contributed by atoms with Crippen LogP contribution in [0.5, 0.6) is 5.75 Å². The molecule has 0 spiro atoms. The Balaban J connectivity index is 1.50. The largest absolute Gasteiger partial charge is 0.507 e. The van der Waals surface area contributed by atoms with Gasteiger partial charge in [-0.15, -0.1) is 0 Å². The molecule has 6 nitrogen and oxygen atoms in total. The van der Waals surface area contributed by atoms with Gasteiger partial charge in [-0.05, 0) is 41.8 Å². The first-order chi connectivity index (χ1) is 12.7. The molecular formula is C20H20N4O2. The van der Waals surface area contributed by atoms with Gasteiger partial charge in [0.05, 0.1) is 5.56 Å². The van der Waals surface area contributed by atoms with E-state index in [4.69, 9.17) is 0 Å². The molecular weight excluding hydrogens is 328 g/mol. The van der Waals surface area contributed by atoms with E-state index >= 15 is 0 Å². The van der Waals surface area contributed by atoms with Gasteiger partial charge in [-0.25, -0.2) is 9.97 Å². The van der Waals surface area contributed by atoms with Crippen LogP contribution in [0.1, 0.15) is 23.2 Å². The van der Waals surface area contributed by atoms with E-state index in [1.165, 1.54) is 0 Å². The van der Waals surface area contributed by atoms with Crippen molar-refractivity contribution in [1.82, 2.24) is 15.3 Å². The number of phenols is 1. The summed E-state index contributed by atoms with van der Waals surface area (Å²) in [5.74, 6) is 0.425. The molecule has 1 amide bonds. The molecule has 26 heavy (non-hydrogen) atoms. The zero-order chi connectivity index (χ0) is 17.9. The summed E-state index contributed by atoms with van der Waals surface area (Å²) in [7, 11) is 0. The standard InChI is InChI=1S/C20H20N4O2/c25-18-12-15-6-2-1-5-14(15)11-17(18)19(26)23-16-7-3-10-24(13-16)20-21-8-4-9-22-20/h1-2,4-6,8-9,11-12,16,25H,3,7,10,13H2,(H,23,26)/t16-/m1/s1. The van der Waals surface area contributed by atoms with Crippen LogP contribution < -0.4 is 10.2 Å². The second-order valence-corrected chi connectivity index (χ2v) is 6.52. The maximum absolute atomic E-state index is 12.7. The van der Waals surface area contributed by atoms with Gasteiger partial charge in [-0.2, -0.15) is 0 Å². The number of phenolic OH excluding ortho intramolecular Hbond substituents is 1. The van der Waals surface area contributed by atoms with Crippen LogP contribution in [0.25, 0.3) is 10.8 Å². The Morgan fingerprint density at radius 3 is 2.62 bits per heavy atom. The van der Waals surface area contributed by atoms with Crippen molar-refractivity contribution in [2.45, 2.75) is 18.9 Å². The first-order valence-corrected chi connectivity index (χ1v) is 8.75. The minimum Gasteiger partial charge on any atom is -0.507 e. The quantitative estimate of drug-likeness (QED) is 0.761. The summed E-state index contributed by atoms with van der Waals surface area (Å²) >= 11 is 0. The van der Waals surface area contributed by atoms with Gasteiger partial charge < -0.3 is 15.3 Å². The minimum absolute atomic E-state index is 0.000239. The van der Waals surface area contributed by atoms with Gasteiger partial charge in [0.15, 0.2) is 0 Å². The zero-order valence-electron chi connectivity index (χ0n) is 14.3. The number of aromatic hydroxyl groups is 1. The molecule has 2 N–H and O–H groups in total. The molecule has 4 rings (SSSR count). The number of amides is 1. The maximum atomic E-state index is 12.7. The fourth-order valence-corrected chi connectivity index (χ4v) is 3.40. The molecule has 1 aliphatic rings. The normalized spacial score (nSPS) is 17.2. The Bertz CT molecular complexity index is 930. The van der Waals surface area contributed by atoms with Gasteiger partial charge in [0, 0.05) is 31.5 Å². The van der Waals surface area contributed by atoms with Gasteiger partial charge in [0.25, 0.3) is 5.91 Å². The number of rotatable bonds is 3. The van der Waals surface area contributed by atoms with Crippen molar-refractivity contribution in [2.24, 2.45) is 0 Å². The van der Waals surface area contributed by atoms with E-state index < -0.39 is 0 Å². The molecule has 0 radical (unpaired) electrons. The summed E-state index contributed by atoms with van der Waals surface area (Å²) in [6.07, 6.45) is 5.28. The smallest absolute Gasteiger partial charge is 0.255 e. The first-order valence-electron chi connectivity index (χ1n) is 8.75. The van der Waals surface area contributed by atoms with Crippen molar-refractivity contribution in [3.8, 4) is 5.75 Å². The van der Waals surface area contributed by atoms with Crippen LogP contribution in [0, 0.1) is 0 Å². The highest BCUT2D eigenvalue weighted by molar-refractivity contribution is 6.01. The van der Waals surface area contributed by atoms with E-state index in [0.717, 1.165) is 30.2 Å². The van der Waals surface area contributed by atoms with Crippen molar-refractivity contribution in [3.05, 3.63) is 60.4 Å². The second-order valence-electron chi connectivity index (χ2n) is 6.52. The molecule has 0 bridgehead atoms. The van der Waals surface area contributed by atoms with Gasteiger partial charge >= 0.3 is 0 Å². The van der Waals surface area contributed by atoms with Crippen LogP contribution in [-0.4, -0.2) is 40.1 Å². The Kier molecular flexibility index (Phi) is 4.39. The Morgan fingerprint density at radius 1 is 1.12 bits per heavy atom. The lowest BCUT2D eigenvalue weighted by Crippen LogP contribution is -2.48. The number of anilines is 1. The molecule has 0 saturated carbocycles. The Hall–Kier alpha value is -3.15. The third-order valence-electron chi connectivity index (χ3n) is 4.70. The lowest BCUT2D eigenvalue weighted by atomic mass is 10.0. The molecule has 2 aromatic carbocycles. The first kappa shape index (κ1) is 16.3. The molecule has 0 aliphatic carbocycles. The van der Waals surface area contributed by atoms with Gasteiger partial charge in [0.1, 0.15) is 5.75 Å². The van der Waals surface area contributed by atoms with Gasteiger partial charge in [-0.3, -0.25) is 4.79 Å². The third kappa shape index (κ3) is 3.31. The van der Waals surface area contributed by atoms with Crippen molar-refractivity contribution >= 4 is 22.6 Å². The highest BCUT2D eigenvalue weighted by atomic mass is 16.3. The number of hydrogen-bond donors (Lipinski definition) is 2. The van der Waals surface area contributed by atoms with E-state index in [-0.39, 0.29) is 17.7 Å². The summed E-state index contributed by atoms with van der Waals surface area (Å²) in [4.78, 5) is 23.3. The molecule has 2 heterocycles. The number of fused-ring (bicyclic) bond motifs is 1. The van der Waals surface area contributed by atoms with Crippen LogP contribution in [0.2, 0.25) is 0 Å². The minimum atomic E-state index is -0.255. The van der Waals surface area contributed by atoms with Gasteiger partial charge in [0.2, 0.25) is 5.95 Å². The zero-order valence-corrected chi connectivity index (χ0v) is 14.3. The molecule has 1 aliphatic heterocycles. The summed E-state index contributed by atoms with van der Waals surface area (Å²) < 4.78 is 0. The SMILES string of the molecule is O=C(N[C@@H]1CCCN(c2ncccn2)C1)c1cc2ccccc2cc1O. The monoisotopic (exact) mass is 348 g/mol.